The molecule has 0 aromatic heterocycles. The average molecular weight is 456 g/mol. The summed E-state index contributed by atoms with van der Waals surface area (Å²) in [4.78, 5) is 12.7. The number of halogens is 8. The van der Waals surface area contributed by atoms with Gasteiger partial charge in [-0.25, -0.2) is 0 Å². The second kappa shape index (κ2) is 8.83. The van der Waals surface area contributed by atoms with Gasteiger partial charge in [-0.2, -0.15) is 30.7 Å². The predicted octanol–water partition coefficient (Wildman–Crippen LogP) is 6.13. The summed E-state index contributed by atoms with van der Waals surface area (Å²) in [6.07, 6.45) is -6.66. The minimum absolute atomic E-state index is 0.0492. The zero-order chi connectivity index (χ0) is 22.7. The number of hydrogen-bond donors (Lipinski definition) is 0. The molecule has 0 aliphatic heterocycles. The number of rotatable bonds is 7. The fourth-order valence-corrected chi connectivity index (χ4v) is 2.99. The van der Waals surface area contributed by atoms with Crippen LogP contribution in [0.25, 0.3) is 0 Å². The first-order valence-electron chi connectivity index (χ1n) is 8.69. The van der Waals surface area contributed by atoms with E-state index in [9.17, 15) is 35.5 Å². The Morgan fingerprint density at radius 1 is 0.933 bits per heavy atom. The Morgan fingerprint density at radius 2 is 1.47 bits per heavy atom. The van der Waals surface area contributed by atoms with E-state index in [1.54, 1.807) is 30.3 Å². The maximum atomic E-state index is 14.1. The van der Waals surface area contributed by atoms with E-state index in [1.807, 2.05) is 0 Å². The van der Waals surface area contributed by atoms with Gasteiger partial charge in [0.1, 0.15) is 0 Å². The van der Waals surface area contributed by atoms with Crippen LogP contribution in [0.5, 0.6) is 0 Å². The van der Waals surface area contributed by atoms with Crippen molar-refractivity contribution in [1.29, 1.82) is 0 Å². The summed E-state index contributed by atoms with van der Waals surface area (Å²) < 4.78 is 93.0. The van der Waals surface area contributed by atoms with Gasteiger partial charge in [-0.05, 0) is 30.5 Å². The van der Waals surface area contributed by atoms with Crippen molar-refractivity contribution in [2.75, 3.05) is 0 Å². The maximum Gasteiger partial charge on any atom is 0.460 e. The molecule has 0 saturated heterocycles. The lowest BCUT2D eigenvalue weighted by Gasteiger charge is -2.35. The Hall–Kier alpha value is -2.29. The number of alkyl halides is 7. The summed E-state index contributed by atoms with van der Waals surface area (Å²) in [7, 11) is 0. The van der Waals surface area contributed by atoms with Crippen molar-refractivity contribution in [1.82, 2.24) is 4.90 Å². The SMILES string of the molecule is CC(Cc1ccccc1)N(Cc1ccccc1Cl)C(=O)C(F)(F)C(F)(F)C(F)(F)F. The van der Waals surface area contributed by atoms with Crippen LogP contribution in [0.2, 0.25) is 5.02 Å². The number of hydrogen-bond acceptors (Lipinski definition) is 1. The van der Waals surface area contributed by atoms with Crippen molar-refractivity contribution in [3.05, 3.63) is 70.7 Å². The number of carbonyl (C=O) groups excluding carboxylic acids is 1. The molecular formula is C20H17ClF7NO. The smallest absolute Gasteiger partial charge is 0.330 e. The monoisotopic (exact) mass is 455 g/mol. The van der Waals surface area contributed by atoms with Crippen LogP contribution < -0.4 is 0 Å². The number of nitrogens with zero attached hydrogens (tertiary/aromatic N) is 1. The van der Waals surface area contributed by atoms with Crippen molar-refractivity contribution in [2.24, 2.45) is 0 Å². The number of benzene rings is 2. The molecular weight excluding hydrogens is 439 g/mol. The van der Waals surface area contributed by atoms with Crippen molar-refractivity contribution in [2.45, 2.75) is 44.0 Å². The van der Waals surface area contributed by atoms with E-state index in [4.69, 9.17) is 11.6 Å². The first kappa shape index (κ1) is 24.0. The van der Waals surface area contributed by atoms with Crippen LogP contribution in [-0.2, 0) is 17.8 Å². The van der Waals surface area contributed by atoms with Gasteiger partial charge >= 0.3 is 23.9 Å². The zero-order valence-electron chi connectivity index (χ0n) is 15.6. The summed E-state index contributed by atoms with van der Waals surface area (Å²) in [5.74, 6) is -15.2. The average Bonchev–Trinajstić information content (AvgIpc) is 2.66. The van der Waals surface area contributed by atoms with E-state index < -0.39 is 36.5 Å². The highest BCUT2D eigenvalue weighted by Crippen LogP contribution is 2.47. The first-order valence-corrected chi connectivity index (χ1v) is 9.07. The molecule has 2 rings (SSSR count). The molecule has 0 radical (unpaired) electrons. The fraction of sp³-hybridized carbons (Fsp3) is 0.350. The molecule has 2 aromatic carbocycles. The van der Waals surface area contributed by atoms with E-state index in [0.717, 1.165) is 0 Å². The Kier molecular flexibility index (Phi) is 7.06. The van der Waals surface area contributed by atoms with Crippen LogP contribution in [-0.4, -0.2) is 34.9 Å². The Morgan fingerprint density at radius 3 is 2.00 bits per heavy atom. The lowest BCUT2D eigenvalue weighted by Crippen LogP contribution is -2.61. The molecule has 0 N–H and O–H groups in total. The number of carbonyl (C=O) groups is 1. The molecule has 0 spiro atoms. The molecule has 30 heavy (non-hydrogen) atoms. The highest BCUT2D eigenvalue weighted by atomic mass is 35.5. The van der Waals surface area contributed by atoms with E-state index in [1.165, 1.54) is 31.2 Å². The second-order valence-corrected chi connectivity index (χ2v) is 7.12. The molecule has 1 unspecified atom stereocenters. The summed E-state index contributed by atoms with van der Waals surface area (Å²) in [6.45, 7) is 0.611. The molecule has 0 bridgehead atoms. The summed E-state index contributed by atoms with van der Waals surface area (Å²) in [5.41, 5.74) is 0.700. The van der Waals surface area contributed by atoms with Gasteiger partial charge in [-0.3, -0.25) is 4.79 Å². The van der Waals surface area contributed by atoms with Gasteiger partial charge in [0.25, 0.3) is 0 Å². The van der Waals surface area contributed by atoms with Gasteiger partial charge in [0.15, 0.2) is 0 Å². The molecule has 2 aromatic rings. The minimum Gasteiger partial charge on any atom is -0.330 e. The molecule has 0 aliphatic rings. The number of amides is 1. The van der Waals surface area contributed by atoms with E-state index in [-0.39, 0.29) is 17.0 Å². The Bertz CT molecular complexity index is 871. The van der Waals surface area contributed by atoms with Crippen molar-refractivity contribution < 1.29 is 35.5 Å². The van der Waals surface area contributed by atoms with Crippen LogP contribution in [0.15, 0.2) is 54.6 Å². The highest BCUT2D eigenvalue weighted by Gasteiger charge is 2.77. The summed E-state index contributed by atoms with van der Waals surface area (Å²) in [6, 6.07) is 12.7. The third-order valence-electron chi connectivity index (χ3n) is 4.48. The van der Waals surface area contributed by atoms with E-state index in [2.05, 4.69) is 0 Å². The van der Waals surface area contributed by atoms with E-state index >= 15 is 0 Å². The van der Waals surface area contributed by atoms with Crippen LogP contribution in [0, 0.1) is 0 Å². The largest absolute Gasteiger partial charge is 0.460 e. The van der Waals surface area contributed by atoms with Gasteiger partial charge in [0.2, 0.25) is 0 Å². The lowest BCUT2D eigenvalue weighted by atomic mass is 10.0. The topological polar surface area (TPSA) is 20.3 Å². The molecule has 0 fully saturated rings. The fourth-order valence-electron chi connectivity index (χ4n) is 2.80. The third kappa shape index (κ3) is 4.88. The lowest BCUT2D eigenvalue weighted by molar-refractivity contribution is -0.346. The molecule has 10 heteroatoms. The van der Waals surface area contributed by atoms with Gasteiger partial charge < -0.3 is 4.90 Å². The van der Waals surface area contributed by atoms with Crippen molar-refractivity contribution >= 4 is 17.5 Å². The molecule has 0 heterocycles. The van der Waals surface area contributed by atoms with Crippen LogP contribution in [0.4, 0.5) is 30.7 Å². The van der Waals surface area contributed by atoms with Gasteiger partial charge in [-0.1, -0.05) is 60.1 Å². The first-order chi connectivity index (χ1) is 13.8. The molecule has 0 aliphatic carbocycles. The quantitative estimate of drug-likeness (QED) is 0.460. The molecule has 2 nitrogen and oxygen atoms in total. The van der Waals surface area contributed by atoms with Gasteiger partial charge in [0, 0.05) is 17.6 Å². The maximum absolute atomic E-state index is 14.1. The molecule has 164 valence electrons. The Balaban J connectivity index is 2.43. The van der Waals surface area contributed by atoms with Crippen molar-refractivity contribution in [3.63, 3.8) is 0 Å². The second-order valence-electron chi connectivity index (χ2n) is 6.71. The van der Waals surface area contributed by atoms with Crippen LogP contribution in [0.1, 0.15) is 18.1 Å². The van der Waals surface area contributed by atoms with Crippen LogP contribution >= 0.6 is 11.6 Å². The van der Waals surface area contributed by atoms with Crippen LogP contribution in [0.3, 0.4) is 0 Å². The normalized spacial score (nSPS) is 13.8. The van der Waals surface area contributed by atoms with Gasteiger partial charge in [-0.15, -0.1) is 0 Å². The standard InChI is InChI=1S/C20H17ClF7NO/c1-13(11-14-7-3-2-4-8-14)29(12-15-9-5-6-10-16(15)21)17(30)18(22,23)19(24,25)20(26,27)28/h2-10,13H,11-12H2,1H3. The zero-order valence-corrected chi connectivity index (χ0v) is 16.3. The Labute approximate surface area is 173 Å². The highest BCUT2D eigenvalue weighted by molar-refractivity contribution is 6.31. The van der Waals surface area contributed by atoms with Gasteiger partial charge in [0.05, 0.1) is 0 Å². The summed E-state index contributed by atoms with van der Waals surface area (Å²) >= 11 is 5.96. The third-order valence-corrected chi connectivity index (χ3v) is 4.85. The molecule has 0 saturated carbocycles. The molecule has 1 amide bonds. The summed E-state index contributed by atoms with van der Waals surface area (Å²) in [5, 5.41) is 0.0492. The van der Waals surface area contributed by atoms with Crippen molar-refractivity contribution in [3.8, 4) is 0 Å². The van der Waals surface area contributed by atoms with E-state index in [0.29, 0.717) is 10.5 Å². The minimum atomic E-state index is -6.61. The molecule has 1 atom stereocenters. The predicted molar refractivity (Wildman–Crippen MR) is 97.6 cm³/mol.